The Morgan fingerprint density at radius 3 is 2.53 bits per heavy atom. The van der Waals surface area contributed by atoms with Crippen molar-refractivity contribution < 1.29 is 4.74 Å². The highest BCUT2D eigenvalue weighted by molar-refractivity contribution is 9.10. The minimum atomic E-state index is 0.357. The molecule has 0 aromatic heterocycles. The molecule has 2 nitrogen and oxygen atoms in total. The smallest absolute Gasteiger partial charge is 0.0554 e. The van der Waals surface area contributed by atoms with Crippen molar-refractivity contribution in [3.8, 4) is 0 Å². The lowest BCUT2D eigenvalue weighted by Gasteiger charge is -2.38. The SMILES string of the molecule is CC1(CNCc2ccc(Br)cc2)COC1. The summed E-state index contributed by atoms with van der Waals surface area (Å²) in [6, 6.07) is 8.42. The minimum absolute atomic E-state index is 0.357. The molecule has 0 atom stereocenters. The van der Waals surface area contributed by atoms with E-state index >= 15 is 0 Å². The number of ether oxygens (including phenoxy) is 1. The third-order valence-electron chi connectivity index (χ3n) is 2.70. The first-order chi connectivity index (χ1) is 7.18. The lowest BCUT2D eigenvalue weighted by molar-refractivity contribution is -0.0991. The lowest BCUT2D eigenvalue weighted by atomic mass is 9.89. The van der Waals surface area contributed by atoms with Crippen LogP contribution in [-0.2, 0) is 11.3 Å². The zero-order valence-electron chi connectivity index (χ0n) is 8.92. The van der Waals surface area contributed by atoms with Crippen molar-refractivity contribution in [1.29, 1.82) is 0 Å². The number of halogens is 1. The molecule has 1 aromatic rings. The second-order valence-electron chi connectivity index (χ2n) is 4.53. The van der Waals surface area contributed by atoms with Gasteiger partial charge in [-0.25, -0.2) is 0 Å². The highest BCUT2D eigenvalue weighted by atomic mass is 79.9. The summed E-state index contributed by atoms with van der Waals surface area (Å²) in [5.41, 5.74) is 1.68. The zero-order chi connectivity index (χ0) is 10.7. The highest BCUT2D eigenvalue weighted by Gasteiger charge is 2.32. The van der Waals surface area contributed by atoms with Crippen LogP contribution in [0, 0.1) is 5.41 Å². The second-order valence-corrected chi connectivity index (χ2v) is 5.45. The van der Waals surface area contributed by atoms with Crippen molar-refractivity contribution in [1.82, 2.24) is 5.32 Å². The van der Waals surface area contributed by atoms with Gasteiger partial charge in [0.05, 0.1) is 13.2 Å². The Balaban J connectivity index is 1.76. The van der Waals surface area contributed by atoms with Crippen LogP contribution in [0.3, 0.4) is 0 Å². The van der Waals surface area contributed by atoms with E-state index in [9.17, 15) is 0 Å². The Labute approximate surface area is 99.1 Å². The van der Waals surface area contributed by atoms with Crippen LogP contribution in [0.5, 0.6) is 0 Å². The van der Waals surface area contributed by atoms with Gasteiger partial charge in [0.15, 0.2) is 0 Å². The molecular weight excluding hydrogens is 254 g/mol. The fourth-order valence-corrected chi connectivity index (χ4v) is 1.93. The Kier molecular flexibility index (Phi) is 3.44. The molecule has 82 valence electrons. The maximum absolute atomic E-state index is 5.21. The van der Waals surface area contributed by atoms with Crippen LogP contribution >= 0.6 is 15.9 Å². The predicted octanol–water partition coefficient (Wildman–Crippen LogP) is 2.58. The summed E-state index contributed by atoms with van der Waals surface area (Å²) < 4.78 is 6.34. The molecule has 1 aliphatic rings. The van der Waals surface area contributed by atoms with Crippen molar-refractivity contribution in [2.45, 2.75) is 13.5 Å². The summed E-state index contributed by atoms with van der Waals surface area (Å²) in [5, 5.41) is 3.47. The van der Waals surface area contributed by atoms with Gasteiger partial charge in [-0.2, -0.15) is 0 Å². The molecule has 2 rings (SSSR count). The summed E-state index contributed by atoms with van der Waals surface area (Å²) in [4.78, 5) is 0. The molecule has 3 heteroatoms. The molecule has 0 aliphatic carbocycles. The van der Waals surface area contributed by atoms with Gasteiger partial charge >= 0.3 is 0 Å². The van der Waals surface area contributed by atoms with Crippen molar-refractivity contribution in [3.05, 3.63) is 34.3 Å². The maximum Gasteiger partial charge on any atom is 0.0554 e. The Morgan fingerprint density at radius 1 is 1.33 bits per heavy atom. The molecule has 0 bridgehead atoms. The highest BCUT2D eigenvalue weighted by Crippen LogP contribution is 2.25. The van der Waals surface area contributed by atoms with Crippen LogP contribution in [-0.4, -0.2) is 19.8 Å². The molecule has 0 spiro atoms. The molecular formula is C12H16BrNO. The van der Waals surface area contributed by atoms with Gasteiger partial charge in [0.25, 0.3) is 0 Å². The van der Waals surface area contributed by atoms with E-state index in [1.807, 2.05) is 0 Å². The van der Waals surface area contributed by atoms with Crippen molar-refractivity contribution in [3.63, 3.8) is 0 Å². The first-order valence-corrected chi connectivity index (χ1v) is 6.00. The first kappa shape index (κ1) is 11.1. The van der Waals surface area contributed by atoms with Gasteiger partial charge < -0.3 is 10.1 Å². The van der Waals surface area contributed by atoms with E-state index in [2.05, 4.69) is 52.4 Å². The Morgan fingerprint density at radius 2 is 2.00 bits per heavy atom. The molecule has 1 fully saturated rings. The molecule has 15 heavy (non-hydrogen) atoms. The fraction of sp³-hybridized carbons (Fsp3) is 0.500. The third kappa shape index (κ3) is 3.03. The van der Waals surface area contributed by atoms with E-state index in [1.165, 1.54) is 5.56 Å². The molecule has 0 radical (unpaired) electrons. The van der Waals surface area contributed by atoms with E-state index in [1.54, 1.807) is 0 Å². The monoisotopic (exact) mass is 269 g/mol. The molecule has 0 saturated carbocycles. The average molecular weight is 270 g/mol. The van der Waals surface area contributed by atoms with Crippen molar-refractivity contribution in [2.24, 2.45) is 5.41 Å². The van der Waals surface area contributed by atoms with Gasteiger partial charge in [0.2, 0.25) is 0 Å². The van der Waals surface area contributed by atoms with Gasteiger partial charge in [-0.1, -0.05) is 35.0 Å². The van der Waals surface area contributed by atoms with E-state index in [4.69, 9.17) is 4.74 Å². The maximum atomic E-state index is 5.21. The van der Waals surface area contributed by atoms with E-state index in [0.717, 1.165) is 30.8 Å². The molecule has 0 amide bonds. The topological polar surface area (TPSA) is 21.3 Å². The summed E-state index contributed by atoms with van der Waals surface area (Å²) in [6.07, 6.45) is 0. The summed E-state index contributed by atoms with van der Waals surface area (Å²) >= 11 is 3.43. The van der Waals surface area contributed by atoms with E-state index < -0.39 is 0 Å². The number of hydrogen-bond acceptors (Lipinski definition) is 2. The van der Waals surface area contributed by atoms with Gasteiger partial charge in [-0.05, 0) is 17.7 Å². The van der Waals surface area contributed by atoms with Crippen molar-refractivity contribution in [2.75, 3.05) is 19.8 Å². The molecule has 1 saturated heterocycles. The normalized spacial score (nSPS) is 18.5. The van der Waals surface area contributed by atoms with Crippen LogP contribution in [0.1, 0.15) is 12.5 Å². The Hall–Kier alpha value is -0.380. The fourth-order valence-electron chi connectivity index (χ4n) is 1.66. The summed E-state index contributed by atoms with van der Waals surface area (Å²) in [5.74, 6) is 0. The molecule has 1 aliphatic heterocycles. The summed E-state index contributed by atoms with van der Waals surface area (Å²) in [6.45, 7) is 6.00. The number of nitrogens with one attached hydrogen (secondary N) is 1. The van der Waals surface area contributed by atoms with E-state index in [0.29, 0.717) is 5.41 Å². The molecule has 1 N–H and O–H groups in total. The van der Waals surface area contributed by atoms with Gasteiger partial charge in [0.1, 0.15) is 0 Å². The first-order valence-electron chi connectivity index (χ1n) is 5.21. The van der Waals surface area contributed by atoms with Gasteiger partial charge in [0, 0.05) is 23.0 Å². The third-order valence-corrected chi connectivity index (χ3v) is 3.22. The quantitative estimate of drug-likeness (QED) is 0.908. The van der Waals surface area contributed by atoms with Gasteiger partial charge in [-0.3, -0.25) is 0 Å². The average Bonchev–Trinajstić information content (AvgIpc) is 2.19. The largest absolute Gasteiger partial charge is 0.380 e. The number of benzene rings is 1. The summed E-state index contributed by atoms with van der Waals surface area (Å²) in [7, 11) is 0. The lowest BCUT2D eigenvalue weighted by Crippen LogP contribution is -2.47. The van der Waals surface area contributed by atoms with Gasteiger partial charge in [-0.15, -0.1) is 0 Å². The van der Waals surface area contributed by atoms with Crippen LogP contribution in [0.25, 0.3) is 0 Å². The van der Waals surface area contributed by atoms with Crippen LogP contribution in [0.2, 0.25) is 0 Å². The predicted molar refractivity (Wildman–Crippen MR) is 64.8 cm³/mol. The Bertz CT molecular complexity index is 319. The van der Waals surface area contributed by atoms with Crippen molar-refractivity contribution >= 4 is 15.9 Å². The zero-order valence-corrected chi connectivity index (χ0v) is 10.5. The number of hydrogen-bond donors (Lipinski definition) is 1. The second kappa shape index (κ2) is 4.64. The number of rotatable bonds is 4. The minimum Gasteiger partial charge on any atom is -0.380 e. The van der Waals surface area contributed by atoms with Crippen LogP contribution < -0.4 is 5.32 Å². The van der Waals surface area contributed by atoms with E-state index in [-0.39, 0.29) is 0 Å². The van der Waals surface area contributed by atoms with Crippen LogP contribution in [0.4, 0.5) is 0 Å². The molecule has 1 aromatic carbocycles. The molecule has 1 heterocycles. The standard InChI is InChI=1S/C12H16BrNO/c1-12(8-15-9-12)7-14-6-10-2-4-11(13)5-3-10/h2-5,14H,6-9H2,1H3. The molecule has 0 unspecified atom stereocenters. The van der Waals surface area contributed by atoms with Crippen LogP contribution in [0.15, 0.2) is 28.7 Å².